The Morgan fingerprint density at radius 3 is 2.26 bits per heavy atom. The molecule has 2 N–H and O–H groups in total. The van der Waals surface area contributed by atoms with E-state index in [4.69, 9.17) is 4.74 Å². The van der Waals surface area contributed by atoms with Gasteiger partial charge in [0.15, 0.2) is 0 Å². The Morgan fingerprint density at radius 2 is 1.65 bits per heavy atom. The van der Waals surface area contributed by atoms with Gasteiger partial charge >= 0.3 is 0 Å². The number of hydrogen-bond donors (Lipinski definition) is 2. The van der Waals surface area contributed by atoms with Gasteiger partial charge in [0.1, 0.15) is 10.6 Å². The molecule has 0 saturated carbocycles. The van der Waals surface area contributed by atoms with Crippen LogP contribution in [0.5, 0.6) is 5.75 Å². The van der Waals surface area contributed by atoms with E-state index in [1.54, 1.807) is 38.1 Å². The van der Waals surface area contributed by atoms with Crippen molar-refractivity contribution in [3.8, 4) is 5.75 Å². The molecule has 0 unspecified atom stereocenters. The minimum atomic E-state index is -3.82. The number of benzene rings is 2. The van der Waals surface area contributed by atoms with Gasteiger partial charge in [0, 0.05) is 36.4 Å². The van der Waals surface area contributed by atoms with Crippen molar-refractivity contribution >= 4 is 27.5 Å². The Labute approximate surface area is 183 Å². The predicted octanol–water partition coefficient (Wildman–Crippen LogP) is 3.12. The first kappa shape index (κ1) is 24.4. The summed E-state index contributed by atoms with van der Waals surface area (Å²) in [5.74, 6) is -0.558. The van der Waals surface area contributed by atoms with Crippen molar-refractivity contribution in [1.82, 2.24) is 9.62 Å². The largest absolute Gasteiger partial charge is 0.495 e. The second-order valence-electron chi connectivity index (χ2n) is 6.75. The smallest absolute Gasteiger partial charge is 0.255 e. The van der Waals surface area contributed by atoms with Gasteiger partial charge in [-0.1, -0.05) is 26.8 Å². The first-order valence-corrected chi connectivity index (χ1v) is 11.6. The maximum atomic E-state index is 13.0. The summed E-state index contributed by atoms with van der Waals surface area (Å²) in [6.45, 7) is 6.60. The van der Waals surface area contributed by atoms with Crippen molar-refractivity contribution in [1.29, 1.82) is 0 Å². The number of amides is 2. The molecule has 2 amide bonds. The number of methoxy groups -OCH3 is 1. The zero-order valence-electron chi connectivity index (χ0n) is 18.3. The molecule has 0 fully saturated rings. The molecule has 0 aliphatic heterocycles. The third-order valence-corrected chi connectivity index (χ3v) is 6.74. The van der Waals surface area contributed by atoms with Crippen LogP contribution in [0.2, 0.25) is 0 Å². The van der Waals surface area contributed by atoms with Crippen LogP contribution in [0.4, 0.5) is 5.69 Å². The number of nitrogens with one attached hydrogen (secondary N) is 2. The lowest BCUT2D eigenvalue weighted by atomic mass is 10.1. The van der Waals surface area contributed by atoms with E-state index in [9.17, 15) is 18.0 Å². The molecule has 8 nitrogen and oxygen atoms in total. The van der Waals surface area contributed by atoms with Crippen LogP contribution in [0.3, 0.4) is 0 Å². The fourth-order valence-corrected chi connectivity index (χ4v) is 4.64. The van der Waals surface area contributed by atoms with Crippen molar-refractivity contribution in [3.63, 3.8) is 0 Å². The lowest BCUT2D eigenvalue weighted by Gasteiger charge is -2.20. The highest BCUT2D eigenvalue weighted by molar-refractivity contribution is 7.89. The molecule has 0 saturated heterocycles. The summed E-state index contributed by atoms with van der Waals surface area (Å²) in [6.07, 6.45) is 0.818. The summed E-state index contributed by atoms with van der Waals surface area (Å²) in [6, 6.07) is 10.8. The van der Waals surface area contributed by atoms with Crippen LogP contribution in [0.25, 0.3) is 0 Å². The summed E-state index contributed by atoms with van der Waals surface area (Å²) >= 11 is 0. The topological polar surface area (TPSA) is 105 Å². The second-order valence-corrected chi connectivity index (χ2v) is 8.65. The molecule has 0 aliphatic carbocycles. The Balaban J connectivity index is 2.32. The molecule has 2 aromatic carbocycles. The number of carbonyl (C=O) groups is 2. The molecular weight excluding hydrogens is 418 g/mol. The molecule has 0 radical (unpaired) electrons. The van der Waals surface area contributed by atoms with Crippen molar-refractivity contribution in [3.05, 3.63) is 53.6 Å². The van der Waals surface area contributed by atoms with Crippen LogP contribution >= 0.6 is 0 Å². The van der Waals surface area contributed by atoms with Gasteiger partial charge in [-0.3, -0.25) is 9.59 Å². The molecule has 0 spiro atoms. The molecule has 0 atom stereocenters. The third kappa shape index (κ3) is 5.83. The Kier molecular flexibility index (Phi) is 8.58. The highest BCUT2D eigenvalue weighted by Gasteiger charge is 2.26. The zero-order valence-corrected chi connectivity index (χ0v) is 19.1. The zero-order chi connectivity index (χ0) is 23.0. The molecule has 0 aliphatic rings. The molecule has 2 rings (SSSR count). The number of sulfonamides is 1. The normalized spacial score (nSPS) is 11.3. The molecule has 31 heavy (non-hydrogen) atoms. The maximum Gasteiger partial charge on any atom is 0.255 e. The maximum absolute atomic E-state index is 13.0. The van der Waals surface area contributed by atoms with Gasteiger partial charge in [0.25, 0.3) is 11.8 Å². The Bertz CT molecular complexity index is 1030. The van der Waals surface area contributed by atoms with Gasteiger partial charge < -0.3 is 15.4 Å². The van der Waals surface area contributed by atoms with Gasteiger partial charge in [-0.2, -0.15) is 4.31 Å². The summed E-state index contributed by atoms with van der Waals surface area (Å²) < 4.78 is 32.5. The van der Waals surface area contributed by atoms with Crippen LogP contribution in [0, 0.1) is 0 Å². The van der Waals surface area contributed by atoms with Crippen molar-refractivity contribution in [2.24, 2.45) is 0 Å². The fourth-order valence-electron chi connectivity index (χ4n) is 3.00. The minimum absolute atomic E-state index is 0.0703. The van der Waals surface area contributed by atoms with Crippen molar-refractivity contribution in [2.45, 2.75) is 32.1 Å². The van der Waals surface area contributed by atoms with Crippen LogP contribution in [0.1, 0.15) is 47.9 Å². The highest BCUT2D eigenvalue weighted by Crippen LogP contribution is 2.28. The molecule has 0 aromatic heterocycles. The highest BCUT2D eigenvalue weighted by atomic mass is 32.2. The van der Waals surface area contributed by atoms with E-state index in [0.717, 1.165) is 6.42 Å². The van der Waals surface area contributed by atoms with E-state index in [1.807, 2.05) is 6.92 Å². The average Bonchev–Trinajstić information content (AvgIpc) is 2.77. The van der Waals surface area contributed by atoms with Crippen LogP contribution in [0.15, 0.2) is 47.4 Å². The summed E-state index contributed by atoms with van der Waals surface area (Å²) in [7, 11) is -2.44. The van der Waals surface area contributed by atoms with E-state index in [1.165, 1.54) is 29.6 Å². The van der Waals surface area contributed by atoms with Gasteiger partial charge in [-0.25, -0.2) is 8.42 Å². The molecule has 0 heterocycles. The lowest BCUT2D eigenvalue weighted by Crippen LogP contribution is -2.31. The van der Waals surface area contributed by atoms with Gasteiger partial charge in [0.05, 0.1) is 7.11 Å². The van der Waals surface area contributed by atoms with Crippen molar-refractivity contribution in [2.75, 3.05) is 32.1 Å². The fraction of sp³-hybridized carbons (Fsp3) is 0.364. The monoisotopic (exact) mass is 447 g/mol. The summed E-state index contributed by atoms with van der Waals surface area (Å²) in [5.41, 5.74) is 1.01. The number of hydrogen-bond acceptors (Lipinski definition) is 5. The predicted molar refractivity (Wildman–Crippen MR) is 120 cm³/mol. The number of nitrogens with zero attached hydrogens (tertiary/aromatic N) is 1. The van der Waals surface area contributed by atoms with E-state index in [2.05, 4.69) is 10.6 Å². The first-order chi connectivity index (χ1) is 14.8. The molecule has 9 heteroatoms. The minimum Gasteiger partial charge on any atom is -0.495 e. The number of carbonyl (C=O) groups excluding carboxylic acids is 2. The average molecular weight is 448 g/mol. The Morgan fingerprint density at radius 1 is 0.968 bits per heavy atom. The van der Waals surface area contributed by atoms with E-state index >= 15 is 0 Å². The van der Waals surface area contributed by atoms with Gasteiger partial charge in [-0.05, 0) is 42.8 Å². The van der Waals surface area contributed by atoms with Crippen molar-refractivity contribution < 1.29 is 22.7 Å². The first-order valence-electron chi connectivity index (χ1n) is 10.2. The molecular formula is C22H29N3O5S. The molecule has 168 valence electrons. The van der Waals surface area contributed by atoms with E-state index in [-0.39, 0.29) is 22.1 Å². The van der Waals surface area contributed by atoms with Gasteiger partial charge in [0.2, 0.25) is 10.0 Å². The number of ether oxygens (including phenoxy) is 1. The van der Waals surface area contributed by atoms with Crippen LogP contribution < -0.4 is 15.4 Å². The summed E-state index contributed by atoms with van der Waals surface area (Å²) in [5, 5.41) is 5.50. The van der Waals surface area contributed by atoms with E-state index < -0.39 is 15.9 Å². The second kappa shape index (κ2) is 10.9. The standard InChI is InChI=1S/C22H29N3O5S/c1-5-13-23-21(26)16-9-8-10-18(14-16)24-22(27)17-11-12-19(30-4)20(15-17)31(28,29)25(6-2)7-3/h8-12,14-15H,5-7,13H2,1-4H3,(H,23,26)(H,24,27). The van der Waals surface area contributed by atoms with Crippen LogP contribution in [-0.2, 0) is 10.0 Å². The number of anilines is 1. The number of rotatable bonds is 10. The summed E-state index contributed by atoms with van der Waals surface area (Å²) in [4.78, 5) is 24.9. The molecule has 0 bridgehead atoms. The van der Waals surface area contributed by atoms with Gasteiger partial charge in [-0.15, -0.1) is 0 Å². The van der Waals surface area contributed by atoms with E-state index in [0.29, 0.717) is 30.9 Å². The molecule has 2 aromatic rings. The SMILES string of the molecule is CCCNC(=O)c1cccc(NC(=O)c2ccc(OC)c(S(=O)(=O)N(CC)CC)c2)c1. The third-order valence-electron chi connectivity index (χ3n) is 4.67. The quantitative estimate of drug-likeness (QED) is 0.582. The Hall–Kier alpha value is -2.91. The lowest BCUT2D eigenvalue weighted by molar-refractivity contribution is 0.0952. The van der Waals surface area contributed by atoms with Crippen LogP contribution in [-0.4, -0.2) is 51.3 Å².